The van der Waals surface area contributed by atoms with E-state index < -0.39 is 0 Å². The molecule has 148 valence electrons. The Balaban J connectivity index is 0.00000261. The second kappa shape index (κ2) is 11.6. The van der Waals surface area contributed by atoms with E-state index in [1.807, 2.05) is 28.7 Å². The molecule has 1 aliphatic rings. The smallest absolute Gasteiger partial charge is 0.191 e. The van der Waals surface area contributed by atoms with Crippen LogP contribution in [0.4, 0.5) is 0 Å². The van der Waals surface area contributed by atoms with Gasteiger partial charge in [0, 0.05) is 29.6 Å². The summed E-state index contributed by atoms with van der Waals surface area (Å²) < 4.78 is 1.97. The highest BCUT2D eigenvalue weighted by Gasteiger charge is 2.24. The molecule has 5 nitrogen and oxygen atoms in total. The van der Waals surface area contributed by atoms with Crippen molar-refractivity contribution in [1.82, 2.24) is 20.4 Å². The molecule has 2 atom stereocenters. The number of nitrogens with zero attached hydrogens (tertiary/aromatic N) is 3. The van der Waals surface area contributed by atoms with Crippen molar-refractivity contribution in [3.63, 3.8) is 0 Å². The summed E-state index contributed by atoms with van der Waals surface area (Å²) in [7, 11) is 0. The molecule has 0 aliphatic heterocycles. The molecule has 1 fully saturated rings. The zero-order valence-corrected chi connectivity index (χ0v) is 19.2. The van der Waals surface area contributed by atoms with Gasteiger partial charge in [-0.1, -0.05) is 30.3 Å². The number of benzene rings is 1. The highest BCUT2D eigenvalue weighted by Crippen LogP contribution is 2.28. The van der Waals surface area contributed by atoms with Crippen LogP contribution in [0.15, 0.2) is 47.7 Å². The van der Waals surface area contributed by atoms with Crippen LogP contribution in [-0.2, 0) is 13.1 Å². The fourth-order valence-corrected chi connectivity index (χ4v) is 4.11. The summed E-state index contributed by atoms with van der Waals surface area (Å²) in [5.74, 6) is 0.912. The Kier molecular flexibility index (Phi) is 9.47. The Hall–Kier alpha value is -1.22. The third-order valence-electron chi connectivity index (χ3n) is 4.70. The first kappa shape index (κ1) is 22.1. The van der Waals surface area contributed by atoms with E-state index in [0.29, 0.717) is 12.6 Å². The molecule has 1 aromatic carbocycles. The highest BCUT2D eigenvalue weighted by molar-refractivity contribution is 14.0. The molecule has 0 bridgehead atoms. The van der Waals surface area contributed by atoms with Crippen LogP contribution in [0.2, 0.25) is 0 Å². The summed E-state index contributed by atoms with van der Waals surface area (Å²) in [4.78, 5) is 4.75. The average Bonchev–Trinajstić information content (AvgIpc) is 3.30. The van der Waals surface area contributed by atoms with Crippen LogP contribution in [-0.4, -0.2) is 39.8 Å². The predicted octanol–water partition coefficient (Wildman–Crippen LogP) is 3.89. The lowest BCUT2D eigenvalue weighted by Crippen LogP contribution is -2.42. The molecule has 27 heavy (non-hydrogen) atoms. The van der Waals surface area contributed by atoms with Gasteiger partial charge < -0.3 is 10.6 Å². The summed E-state index contributed by atoms with van der Waals surface area (Å²) in [6, 6.07) is 10.9. The SMILES string of the molecule is CCNC(=NCc1cnn(Cc2ccccc2)c1)NC1CCC(SC)C1.I. The summed E-state index contributed by atoms with van der Waals surface area (Å²) in [5, 5.41) is 12.2. The van der Waals surface area contributed by atoms with Gasteiger partial charge >= 0.3 is 0 Å². The third kappa shape index (κ3) is 7.03. The van der Waals surface area contributed by atoms with E-state index in [0.717, 1.165) is 29.9 Å². The van der Waals surface area contributed by atoms with E-state index in [2.05, 4.69) is 59.4 Å². The van der Waals surface area contributed by atoms with Crippen molar-refractivity contribution in [3.05, 3.63) is 53.9 Å². The molecule has 0 radical (unpaired) electrons. The van der Waals surface area contributed by atoms with Crippen LogP contribution in [0.5, 0.6) is 0 Å². The second-order valence-corrected chi connectivity index (χ2v) is 7.88. The average molecular weight is 499 g/mol. The number of nitrogens with one attached hydrogen (secondary N) is 2. The zero-order chi connectivity index (χ0) is 18.2. The fraction of sp³-hybridized carbons (Fsp3) is 0.500. The van der Waals surface area contributed by atoms with E-state index >= 15 is 0 Å². The van der Waals surface area contributed by atoms with E-state index in [-0.39, 0.29) is 24.0 Å². The third-order valence-corrected chi connectivity index (χ3v) is 5.79. The first-order valence-corrected chi connectivity index (χ1v) is 10.7. The maximum atomic E-state index is 4.75. The molecular weight excluding hydrogens is 469 g/mol. The molecular formula is C20H30IN5S. The lowest BCUT2D eigenvalue weighted by atomic mass is 10.2. The molecule has 2 unspecified atom stereocenters. The van der Waals surface area contributed by atoms with Crippen LogP contribution in [0.25, 0.3) is 0 Å². The first-order valence-electron chi connectivity index (χ1n) is 9.39. The standard InChI is InChI=1S/C20H29N5S.HI/c1-3-21-20(24-18-9-10-19(11-18)26-2)22-12-17-13-23-25(15-17)14-16-7-5-4-6-8-16;/h4-8,13,15,18-19H,3,9-12,14H2,1-2H3,(H2,21,22,24);1H. The van der Waals surface area contributed by atoms with E-state index in [1.165, 1.54) is 24.8 Å². The van der Waals surface area contributed by atoms with Crippen molar-refractivity contribution in [2.24, 2.45) is 4.99 Å². The van der Waals surface area contributed by atoms with Gasteiger partial charge in [0.2, 0.25) is 0 Å². The monoisotopic (exact) mass is 499 g/mol. The summed E-state index contributed by atoms with van der Waals surface area (Å²) in [5.41, 5.74) is 2.39. The van der Waals surface area contributed by atoms with Crippen LogP contribution in [0.1, 0.15) is 37.3 Å². The minimum Gasteiger partial charge on any atom is -0.357 e. The Bertz CT molecular complexity index is 703. The van der Waals surface area contributed by atoms with Gasteiger partial charge in [0.05, 0.1) is 19.3 Å². The zero-order valence-electron chi connectivity index (χ0n) is 16.1. The lowest BCUT2D eigenvalue weighted by Gasteiger charge is -2.17. The number of halogens is 1. The largest absolute Gasteiger partial charge is 0.357 e. The van der Waals surface area contributed by atoms with Gasteiger partial charge in [0.15, 0.2) is 5.96 Å². The Morgan fingerprint density at radius 2 is 2.07 bits per heavy atom. The molecule has 0 saturated heterocycles. The number of aromatic nitrogens is 2. The van der Waals surface area contributed by atoms with Crippen molar-refractivity contribution in [2.45, 2.75) is 50.6 Å². The molecule has 0 amide bonds. The molecule has 2 aromatic rings. The highest BCUT2D eigenvalue weighted by atomic mass is 127. The Morgan fingerprint density at radius 3 is 2.78 bits per heavy atom. The van der Waals surface area contributed by atoms with Crippen molar-refractivity contribution >= 4 is 41.7 Å². The number of hydrogen-bond acceptors (Lipinski definition) is 3. The summed E-state index contributed by atoms with van der Waals surface area (Å²) >= 11 is 1.98. The fourth-order valence-electron chi connectivity index (χ4n) is 3.31. The van der Waals surface area contributed by atoms with Crippen molar-refractivity contribution in [1.29, 1.82) is 0 Å². The van der Waals surface area contributed by atoms with Crippen LogP contribution in [0.3, 0.4) is 0 Å². The lowest BCUT2D eigenvalue weighted by molar-refractivity contribution is 0.615. The number of thioether (sulfide) groups is 1. The van der Waals surface area contributed by atoms with Gasteiger partial charge in [-0.2, -0.15) is 16.9 Å². The maximum absolute atomic E-state index is 4.75. The van der Waals surface area contributed by atoms with Crippen molar-refractivity contribution < 1.29 is 0 Å². The van der Waals surface area contributed by atoms with Gasteiger partial charge in [0.25, 0.3) is 0 Å². The van der Waals surface area contributed by atoms with E-state index in [9.17, 15) is 0 Å². The predicted molar refractivity (Wildman–Crippen MR) is 126 cm³/mol. The van der Waals surface area contributed by atoms with Gasteiger partial charge in [-0.3, -0.25) is 4.68 Å². The number of hydrogen-bond donors (Lipinski definition) is 2. The first-order chi connectivity index (χ1) is 12.8. The molecule has 7 heteroatoms. The van der Waals surface area contributed by atoms with Crippen LogP contribution >= 0.6 is 35.7 Å². The molecule has 1 saturated carbocycles. The quantitative estimate of drug-likeness (QED) is 0.345. The molecule has 2 N–H and O–H groups in total. The van der Waals surface area contributed by atoms with Crippen LogP contribution < -0.4 is 10.6 Å². The van der Waals surface area contributed by atoms with Crippen LogP contribution in [0, 0.1) is 0 Å². The Labute approximate surface area is 183 Å². The minimum atomic E-state index is 0. The molecule has 1 aromatic heterocycles. The van der Waals surface area contributed by atoms with E-state index in [4.69, 9.17) is 4.99 Å². The number of rotatable bonds is 7. The summed E-state index contributed by atoms with van der Waals surface area (Å²) in [6.45, 7) is 4.41. The maximum Gasteiger partial charge on any atom is 0.191 e. The number of aliphatic imine (C=N–C) groups is 1. The van der Waals surface area contributed by atoms with Gasteiger partial charge in [-0.05, 0) is 38.0 Å². The number of guanidine groups is 1. The van der Waals surface area contributed by atoms with Gasteiger partial charge in [-0.25, -0.2) is 4.99 Å². The second-order valence-electron chi connectivity index (χ2n) is 6.74. The van der Waals surface area contributed by atoms with Crippen molar-refractivity contribution in [2.75, 3.05) is 12.8 Å². The van der Waals surface area contributed by atoms with Gasteiger partial charge in [0.1, 0.15) is 0 Å². The van der Waals surface area contributed by atoms with Gasteiger partial charge in [-0.15, -0.1) is 24.0 Å². The molecule has 0 spiro atoms. The summed E-state index contributed by atoms with van der Waals surface area (Å²) in [6.07, 6.45) is 9.95. The molecule has 1 aliphatic carbocycles. The molecule has 1 heterocycles. The van der Waals surface area contributed by atoms with E-state index in [1.54, 1.807) is 0 Å². The van der Waals surface area contributed by atoms with Crippen molar-refractivity contribution in [3.8, 4) is 0 Å². The normalized spacial score (nSPS) is 19.6. The Morgan fingerprint density at radius 1 is 1.26 bits per heavy atom. The molecule has 3 rings (SSSR count). The minimum absolute atomic E-state index is 0. The topological polar surface area (TPSA) is 54.2 Å².